The zero-order valence-electron chi connectivity index (χ0n) is 16.0. The minimum atomic E-state index is -0.441. The topological polar surface area (TPSA) is 57.8 Å². The monoisotopic (exact) mass is 389 g/mol. The van der Waals surface area contributed by atoms with E-state index in [-0.39, 0.29) is 5.57 Å². The average Bonchev–Trinajstić information content (AvgIpc) is 3.12. The average molecular weight is 390 g/mol. The molecule has 0 aliphatic rings. The van der Waals surface area contributed by atoms with Crippen molar-refractivity contribution in [2.75, 3.05) is 5.32 Å². The lowest BCUT2D eigenvalue weighted by Crippen LogP contribution is -2.14. The smallest absolute Gasteiger partial charge is 0.266 e. The summed E-state index contributed by atoms with van der Waals surface area (Å²) in [6.45, 7) is 5.85. The van der Waals surface area contributed by atoms with Gasteiger partial charge < -0.3 is 9.88 Å². The molecule has 0 fully saturated rings. The highest BCUT2D eigenvalue weighted by atomic mass is 35.5. The molecular weight excluding hydrogens is 370 g/mol. The molecule has 3 rings (SSSR count). The fraction of sp³-hybridized carbons (Fsp3) is 0.130. The summed E-state index contributed by atoms with van der Waals surface area (Å²) in [5.74, 6) is -0.441. The molecule has 1 amide bonds. The number of anilines is 1. The maximum atomic E-state index is 12.6. The summed E-state index contributed by atoms with van der Waals surface area (Å²) in [6, 6.07) is 17.2. The van der Waals surface area contributed by atoms with Crippen molar-refractivity contribution < 1.29 is 4.79 Å². The first-order valence-corrected chi connectivity index (χ1v) is 9.21. The van der Waals surface area contributed by atoms with Crippen molar-refractivity contribution in [2.24, 2.45) is 0 Å². The van der Waals surface area contributed by atoms with Gasteiger partial charge in [0, 0.05) is 28.3 Å². The molecule has 28 heavy (non-hydrogen) atoms. The predicted molar refractivity (Wildman–Crippen MR) is 114 cm³/mol. The number of hydrogen-bond donors (Lipinski definition) is 1. The van der Waals surface area contributed by atoms with E-state index in [1.165, 1.54) is 0 Å². The van der Waals surface area contributed by atoms with Gasteiger partial charge in [-0.25, -0.2) is 0 Å². The number of aromatic nitrogens is 1. The Hall–Kier alpha value is -3.29. The van der Waals surface area contributed by atoms with Gasteiger partial charge in [-0.1, -0.05) is 35.4 Å². The van der Waals surface area contributed by atoms with E-state index in [1.54, 1.807) is 6.08 Å². The zero-order chi connectivity index (χ0) is 20.3. The van der Waals surface area contributed by atoms with Crippen molar-refractivity contribution in [3.63, 3.8) is 0 Å². The molecule has 1 N–H and O–H groups in total. The van der Waals surface area contributed by atoms with Crippen LogP contribution in [0.1, 0.15) is 22.4 Å². The molecule has 0 aliphatic heterocycles. The van der Waals surface area contributed by atoms with Crippen molar-refractivity contribution in [3.05, 3.63) is 87.7 Å². The lowest BCUT2D eigenvalue weighted by Gasteiger charge is -2.10. The number of rotatable bonds is 4. The number of benzene rings is 2. The van der Waals surface area contributed by atoms with Gasteiger partial charge in [0.15, 0.2) is 0 Å². The zero-order valence-corrected chi connectivity index (χ0v) is 16.7. The maximum Gasteiger partial charge on any atom is 0.266 e. The lowest BCUT2D eigenvalue weighted by molar-refractivity contribution is -0.112. The Morgan fingerprint density at radius 1 is 1.11 bits per heavy atom. The molecule has 0 unspecified atom stereocenters. The summed E-state index contributed by atoms with van der Waals surface area (Å²) < 4.78 is 1.88. The molecule has 4 nitrogen and oxygen atoms in total. The first-order valence-electron chi connectivity index (χ1n) is 8.83. The van der Waals surface area contributed by atoms with Crippen molar-refractivity contribution in [1.29, 1.82) is 5.26 Å². The molecule has 5 heteroatoms. The summed E-state index contributed by atoms with van der Waals surface area (Å²) in [5, 5.41) is 13.0. The molecule has 0 saturated carbocycles. The van der Waals surface area contributed by atoms with Gasteiger partial charge in [0.1, 0.15) is 11.6 Å². The molecule has 1 heterocycles. The van der Waals surface area contributed by atoms with Crippen LogP contribution >= 0.6 is 11.6 Å². The molecule has 140 valence electrons. The van der Waals surface area contributed by atoms with Crippen LogP contribution in [-0.2, 0) is 4.79 Å². The van der Waals surface area contributed by atoms with Crippen LogP contribution < -0.4 is 5.32 Å². The minimum absolute atomic E-state index is 0.0260. The van der Waals surface area contributed by atoms with Crippen LogP contribution in [0.4, 0.5) is 5.69 Å². The summed E-state index contributed by atoms with van der Waals surface area (Å²) >= 11 is 6.24. The van der Waals surface area contributed by atoms with Gasteiger partial charge in [0.05, 0.1) is 0 Å². The fourth-order valence-corrected chi connectivity index (χ4v) is 3.09. The van der Waals surface area contributed by atoms with Gasteiger partial charge in [-0.3, -0.25) is 4.79 Å². The van der Waals surface area contributed by atoms with E-state index in [2.05, 4.69) is 5.32 Å². The normalized spacial score (nSPS) is 11.2. The van der Waals surface area contributed by atoms with E-state index in [0.29, 0.717) is 16.4 Å². The van der Waals surface area contributed by atoms with Crippen LogP contribution in [-0.4, -0.2) is 10.5 Å². The molecule has 0 atom stereocenters. The summed E-state index contributed by atoms with van der Waals surface area (Å²) in [5.41, 5.74) is 5.34. The maximum absolute atomic E-state index is 12.6. The molecule has 3 aromatic rings. The van der Waals surface area contributed by atoms with Crippen LogP contribution in [0.2, 0.25) is 5.02 Å². The number of carbonyl (C=O) groups excluding carboxylic acids is 1. The third kappa shape index (κ3) is 4.16. The number of halogens is 1. The Bertz CT molecular complexity index is 1120. The molecule has 0 radical (unpaired) electrons. The summed E-state index contributed by atoms with van der Waals surface area (Å²) in [6.07, 6.45) is 3.44. The molecule has 0 bridgehead atoms. The van der Waals surface area contributed by atoms with E-state index in [0.717, 1.165) is 22.4 Å². The molecule has 0 aliphatic carbocycles. The van der Waals surface area contributed by atoms with Gasteiger partial charge in [-0.15, -0.1) is 0 Å². The number of carbonyl (C=O) groups is 1. The second-order valence-electron chi connectivity index (χ2n) is 6.68. The molecular formula is C23H20ClN3O. The third-order valence-corrected chi connectivity index (χ3v) is 4.91. The second kappa shape index (κ2) is 8.16. The molecule has 0 saturated heterocycles. The van der Waals surface area contributed by atoms with Crippen LogP contribution in [0, 0.1) is 32.1 Å². The summed E-state index contributed by atoms with van der Waals surface area (Å²) in [4.78, 5) is 12.6. The van der Waals surface area contributed by atoms with Gasteiger partial charge in [0.2, 0.25) is 0 Å². The Morgan fingerprint density at radius 3 is 2.57 bits per heavy atom. The highest BCUT2D eigenvalue weighted by Gasteiger charge is 2.13. The predicted octanol–water partition coefficient (Wildman–Crippen LogP) is 5.60. The van der Waals surface area contributed by atoms with E-state index >= 15 is 0 Å². The van der Waals surface area contributed by atoms with Gasteiger partial charge in [0.25, 0.3) is 5.91 Å². The minimum Gasteiger partial charge on any atom is -0.321 e. The largest absolute Gasteiger partial charge is 0.321 e. The molecule has 2 aromatic carbocycles. The van der Waals surface area contributed by atoms with Gasteiger partial charge >= 0.3 is 0 Å². The second-order valence-corrected chi connectivity index (χ2v) is 7.09. The first-order chi connectivity index (χ1) is 13.4. The van der Waals surface area contributed by atoms with Crippen molar-refractivity contribution in [2.45, 2.75) is 20.8 Å². The molecule has 1 aromatic heterocycles. The SMILES string of the molecule is Cc1ccc(NC(=O)/C(C#N)=C\c2cccn2-c2ccc(C)c(Cl)c2)c(C)c1. The van der Waals surface area contributed by atoms with Gasteiger partial charge in [-0.05, 0) is 68.3 Å². The first kappa shape index (κ1) is 19.5. The number of aryl methyl sites for hydroxylation is 3. The quantitative estimate of drug-likeness (QED) is 0.466. The van der Waals surface area contributed by atoms with Crippen LogP contribution in [0.5, 0.6) is 0 Å². The molecule has 0 spiro atoms. The number of amides is 1. The van der Waals surface area contributed by atoms with E-state index < -0.39 is 5.91 Å². The number of nitrogens with zero attached hydrogens (tertiary/aromatic N) is 2. The van der Waals surface area contributed by atoms with Crippen molar-refractivity contribution in [3.8, 4) is 11.8 Å². The fourth-order valence-electron chi connectivity index (χ4n) is 2.92. The van der Waals surface area contributed by atoms with Gasteiger partial charge in [-0.2, -0.15) is 5.26 Å². The van der Waals surface area contributed by atoms with Crippen LogP contribution in [0.25, 0.3) is 11.8 Å². The van der Waals surface area contributed by atoms with E-state index in [9.17, 15) is 10.1 Å². The number of nitriles is 1. The Balaban J connectivity index is 1.91. The third-order valence-electron chi connectivity index (χ3n) is 4.50. The van der Waals surface area contributed by atoms with E-state index in [4.69, 9.17) is 11.6 Å². The van der Waals surface area contributed by atoms with Crippen molar-refractivity contribution >= 4 is 29.3 Å². The lowest BCUT2D eigenvalue weighted by atomic mass is 10.1. The Kier molecular flexibility index (Phi) is 5.67. The summed E-state index contributed by atoms with van der Waals surface area (Å²) in [7, 11) is 0. The highest BCUT2D eigenvalue weighted by Crippen LogP contribution is 2.23. The van der Waals surface area contributed by atoms with Crippen LogP contribution in [0.3, 0.4) is 0 Å². The highest BCUT2D eigenvalue weighted by molar-refractivity contribution is 6.31. The van der Waals surface area contributed by atoms with Crippen LogP contribution in [0.15, 0.2) is 60.3 Å². The van der Waals surface area contributed by atoms with E-state index in [1.807, 2.05) is 86.1 Å². The Labute approximate surface area is 169 Å². The van der Waals surface area contributed by atoms with Crippen molar-refractivity contribution in [1.82, 2.24) is 4.57 Å². The standard InChI is InChI=1S/C23H20ClN3O/c1-15-6-9-22(17(3)11-15)26-23(28)18(14-25)12-19-5-4-10-27(19)20-8-7-16(2)21(24)13-20/h4-13H,1-3H3,(H,26,28)/b18-12-. The number of hydrogen-bond acceptors (Lipinski definition) is 2. The number of nitrogens with one attached hydrogen (secondary N) is 1. The Morgan fingerprint density at radius 2 is 1.89 bits per heavy atom.